The fraction of sp³-hybridized carbons (Fsp3) is 0.597. The molecule has 0 fully saturated rings. The number of hydrogen-bond donors (Lipinski definition) is 0. The highest BCUT2D eigenvalue weighted by Gasteiger charge is 2.19. The lowest BCUT2D eigenvalue weighted by atomic mass is 10.0. The van der Waals surface area contributed by atoms with Gasteiger partial charge in [0.15, 0.2) is 6.10 Å². The third-order valence-corrected chi connectivity index (χ3v) is 12.8. The van der Waals surface area contributed by atoms with Crippen molar-refractivity contribution in [2.24, 2.45) is 0 Å². The second kappa shape index (κ2) is 64.6. The molecule has 0 saturated carbocycles. The van der Waals surface area contributed by atoms with Gasteiger partial charge < -0.3 is 14.2 Å². The standard InChI is InChI=1S/C72H114O6/c1-4-7-10-13-16-19-22-25-28-29-30-31-32-33-34-35-36-37-38-39-40-41-42-43-45-47-50-53-56-59-62-65-71(74)77-68-69(67-76-70(73)64-61-58-55-52-49-46-27-24-21-18-15-12-9-6-3)78-72(75)66-63-60-57-54-51-48-44-26-23-20-17-14-11-8-5-2/h7-8,10-11,16-17,19-20,25-26,28,30-31,33-34,36-37,39-40,42-44,47,50-51,54,69H,4-6,9,12-15,18,21-24,27,29,32,35,38,41,45-46,48-49,52-53,55-68H2,1-3H3/b10-7-,11-8-,19-16-,20-17-,28-25-,31-30-,34-33-,37-36-,40-39-,43-42-,44-26-,50-47-,54-51-. The molecule has 0 spiro atoms. The minimum absolute atomic E-state index is 0.109. The van der Waals surface area contributed by atoms with Gasteiger partial charge in [-0.25, -0.2) is 0 Å². The Balaban J connectivity index is 4.43. The van der Waals surface area contributed by atoms with Gasteiger partial charge in [0.05, 0.1) is 0 Å². The molecule has 0 amide bonds. The Morgan fingerprint density at radius 1 is 0.269 bits per heavy atom. The second-order valence-corrected chi connectivity index (χ2v) is 20.2. The van der Waals surface area contributed by atoms with Crippen LogP contribution in [0.2, 0.25) is 0 Å². The van der Waals surface area contributed by atoms with E-state index >= 15 is 0 Å². The van der Waals surface area contributed by atoms with Crippen molar-refractivity contribution in [2.75, 3.05) is 13.2 Å². The zero-order chi connectivity index (χ0) is 56.4. The molecule has 0 aliphatic rings. The van der Waals surface area contributed by atoms with E-state index in [2.05, 4.69) is 179 Å². The Morgan fingerprint density at radius 3 is 0.808 bits per heavy atom. The molecule has 0 aliphatic heterocycles. The van der Waals surface area contributed by atoms with Crippen LogP contribution in [0.15, 0.2) is 158 Å². The summed E-state index contributed by atoms with van der Waals surface area (Å²) in [5, 5.41) is 0. The Kier molecular flexibility index (Phi) is 60.4. The van der Waals surface area contributed by atoms with Gasteiger partial charge in [-0.1, -0.05) is 269 Å². The molecule has 6 heteroatoms. The average Bonchev–Trinajstić information content (AvgIpc) is 3.44. The lowest BCUT2D eigenvalue weighted by Crippen LogP contribution is -2.30. The van der Waals surface area contributed by atoms with E-state index in [1.807, 2.05) is 0 Å². The maximum absolute atomic E-state index is 12.9. The Morgan fingerprint density at radius 2 is 0.500 bits per heavy atom. The topological polar surface area (TPSA) is 78.9 Å². The molecule has 1 unspecified atom stereocenters. The summed E-state index contributed by atoms with van der Waals surface area (Å²) in [6, 6.07) is 0. The number of carbonyl (C=O) groups excluding carboxylic acids is 3. The smallest absolute Gasteiger partial charge is 0.306 e. The first-order chi connectivity index (χ1) is 38.5. The van der Waals surface area contributed by atoms with Crippen molar-refractivity contribution >= 4 is 17.9 Å². The number of esters is 3. The minimum Gasteiger partial charge on any atom is -0.462 e. The van der Waals surface area contributed by atoms with Crippen molar-refractivity contribution in [1.82, 2.24) is 0 Å². The zero-order valence-electron chi connectivity index (χ0n) is 50.1. The number of ether oxygens (including phenoxy) is 3. The van der Waals surface area contributed by atoms with E-state index in [4.69, 9.17) is 14.2 Å². The van der Waals surface area contributed by atoms with Crippen LogP contribution >= 0.6 is 0 Å². The van der Waals surface area contributed by atoms with E-state index in [-0.39, 0.29) is 37.5 Å². The molecule has 0 aliphatic carbocycles. The predicted molar refractivity (Wildman–Crippen MR) is 338 cm³/mol. The van der Waals surface area contributed by atoms with Crippen LogP contribution in [0.25, 0.3) is 0 Å². The van der Waals surface area contributed by atoms with Gasteiger partial charge in [0, 0.05) is 19.3 Å². The molecular weight excluding hydrogens is 961 g/mol. The van der Waals surface area contributed by atoms with Crippen LogP contribution in [-0.4, -0.2) is 37.2 Å². The third-order valence-electron chi connectivity index (χ3n) is 12.8. The maximum Gasteiger partial charge on any atom is 0.306 e. The SMILES string of the molecule is CC/C=C\C/C=C\C/C=C\C/C=C\C/C=C\C/C=C\C/C=C\C/C=C\C/C=C\CCCCCC(=O)OCC(COC(=O)CCCCCCCCCCCCCCCC)OC(=O)CCCC/C=C\C/C=C\C/C=C\C/C=C\CC. The van der Waals surface area contributed by atoms with Gasteiger partial charge in [-0.05, 0) is 128 Å². The Bertz CT molecular complexity index is 1760. The van der Waals surface area contributed by atoms with Gasteiger partial charge in [0.2, 0.25) is 0 Å². The van der Waals surface area contributed by atoms with Gasteiger partial charge >= 0.3 is 17.9 Å². The van der Waals surface area contributed by atoms with E-state index in [0.717, 1.165) is 141 Å². The molecule has 0 rings (SSSR count). The zero-order valence-corrected chi connectivity index (χ0v) is 50.1. The van der Waals surface area contributed by atoms with E-state index in [1.165, 1.54) is 70.6 Å². The van der Waals surface area contributed by atoms with Crippen LogP contribution in [-0.2, 0) is 28.6 Å². The Hall–Kier alpha value is -4.97. The first-order valence-corrected chi connectivity index (χ1v) is 31.5. The largest absolute Gasteiger partial charge is 0.462 e. The fourth-order valence-electron chi connectivity index (χ4n) is 8.13. The van der Waals surface area contributed by atoms with Crippen molar-refractivity contribution in [3.8, 4) is 0 Å². The van der Waals surface area contributed by atoms with Gasteiger partial charge in [-0.3, -0.25) is 14.4 Å². The highest BCUT2D eigenvalue weighted by Crippen LogP contribution is 2.15. The Labute approximate surface area is 480 Å². The molecule has 438 valence electrons. The monoisotopic (exact) mass is 1070 g/mol. The van der Waals surface area contributed by atoms with Crippen LogP contribution in [0.1, 0.15) is 258 Å². The van der Waals surface area contributed by atoms with E-state index in [1.54, 1.807) is 0 Å². The first-order valence-electron chi connectivity index (χ1n) is 31.5. The van der Waals surface area contributed by atoms with Crippen molar-refractivity contribution < 1.29 is 28.6 Å². The second-order valence-electron chi connectivity index (χ2n) is 20.2. The highest BCUT2D eigenvalue weighted by atomic mass is 16.6. The highest BCUT2D eigenvalue weighted by molar-refractivity contribution is 5.71. The summed E-state index contributed by atoms with van der Waals surface area (Å²) < 4.78 is 16.8. The summed E-state index contributed by atoms with van der Waals surface area (Å²) in [5.74, 6) is -0.989. The van der Waals surface area contributed by atoms with Crippen LogP contribution in [0.3, 0.4) is 0 Å². The van der Waals surface area contributed by atoms with Crippen molar-refractivity contribution in [3.05, 3.63) is 158 Å². The molecule has 78 heavy (non-hydrogen) atoms. The fourth-order valence-corrected chi connectivity index (χ4v) is 8.13. The molecule has 1 atom stereocenters. The van der Waals surface area contributed by atoms with Crippen LogP contribution in [0, 0.1) is 0 Å². The summed E-state index contributed by atoms with van der Waals surface area (Å²) >= 11 is 0. The quantitative estimate of drug-likeness (QED) is 0.0261. The van der Waals surface area contributed by atoms with E-state index < -0.39 is 6.10 Å². The molecule has 0 N–H and O–H groups in total. The molecule has 0 aromatic rings. The maximum atomic E-state index is 12.9. The molecule has 6 nitrogen and oxygen atoms in total. The number of hydrogen-bond acceptors (Lipinski definition) is 6. The normalized spacial score (nSPS) is 13.2. The van der Waals surface area contributed by atoms with Crippen LogP contribution < -0.4 is 0 Å². The van der Waals surface area contributed by atoms with Crippen molar-refractivity contribution in [3.63, 3.8) is 0 Å². The van der Waals surface area contributed by atoms with Crippen molar-refractivity contribution in [1.29, 1.82) is 0 Å². The number of carbonyl (C=O) groups is 3. The predicted octanol–water partition coefficient (Wildman–Crippen LogP) is 21.7. The van der Waals surface area contributed by atoms with Gasteiger partial charge in [-0.15, -0.1) is 0 Å². The first kappa shape index (κ1) is 73.0. The van der Waals surface area contributed by atoms with Gasteiger partial charge in [-0.2, -0.15) is 0 Å². The summed E-state index contributed by atoms with van der Waals surface area (Å²) in [6.07, 6.45) is 93.9. The molecule has 0 aromatic heterocycles. The molecule has 0 heterocycles. The van der Waals surface area contributed by atoms with Crippen molar-refractivity contribution in [2.45, 2.75) is 264 Å². The van der Waals surface area contributed by atoms with Crippen LogP contribution in [0.4, 0.5) is 0 Å². The number of allylic oxidation sites excluding steroid dienone is 26. The minimum atomic E-state index is -0.820. The summed E-state index contributed by atoms with van der Waals surface area (Å²) in [6.45, 7) is 6.34. The summed E-state index contributed by atoms with van der Waals surface area (Å²) in [4.78, 5) is 38.2. The lowest BCUT2D eigenvalue weighted by Gasteiger charge is -2.18. The van der Waals surface area contributed by atoms with Crippen LogP contribution in [0.5, 0.6) is 0 Å². The molecule has 0 saturated heterocycles. The average molecular weight is 1080 g/mol. The van der Waals surface area contributed by atoms with E-state index in [9.17, 15) is 14.4 Å². The van der Waals surface area contributed by atoms with Gasteiger partial charge in [0.1, 0.15) is 13.2 Å². The summed E-state index contributed by atoms with van der Waals surface area (Å²) in [5.41, 5.74) is 0. The number of unbranched alkanes of at least 4 members (excludes halogenated alkanes) is 18. The molecule has 0 aromatic carbocycles. The summed E-state index contributed by atoms with van der Waals surface area (Å²) in [7, 11) is 0. The number of rotatable bonds is 55. The third kappa shape index (κ3) is 61.9. The lowest BCUT2D eigenvalue weighted by molar-refractivity contribution is -0.167. The molecule has 0 radical (unpaired) electrons. The van der Waals surface area contributed by atoms with Gasteiger partial charge in [0.25, 0.3) is 0 Å². The van der Waals surface area contributed by atoms with E-state index in [0.29, 0.717) is 19.3 Å². The molecule has 0 bridgehead atoms. The molecular formula is C72H114O6.